The molecule has 2 aromatic heterocycles. The predicted molar refractivity (Wildman–Crippen MR) is 152 cm³/mol. The molecule has 3 aromatic carbocycles. The molecule has 0 aliphatic heterocycles. The third-order valence-corrected chi connectivity index (χ3v) is 6.96. The molecular weight excluding hydrogens is 535 g/mol. The Kier molecular flexibility index (Phi) is 7.74. The van der Waals surface area contributed by atoms with Crippen LogP contribution in [0, 0.1) is 10.7 Å². The molecule has 0 atom stereocenters. The molecule has 2 N–H and O–H groups in total. The average Bonchev–Trinajstić information content (AvgIpc) is 3.40. The van der Waals surface area contributed by atoms with Crippen LogP contribution in [0.5, 0.6) is 17.2 Å². The van der Waals surface area contributed by atoms with Crippen molar-refractivity contribution < 1.29 is 23.5 Å². The van der Waals surface area contributed by atoms with Crippen molar-refractivity contribution in [3.05, 3.63) is 95.8 Å². The summed E-state index contributed by atoms with van der Waals surface area (Å²) in [6, 6.07) is 21.2. The Balaban J connectivity index is 1.26. The van der Waals surface area contributed by atoms with Gasteiger partial charge in [-0.15, -0.1) is 16.2 Å². The molecule has 0 aliphatic carbocycles. The first kappa shape index (κ1) is 26.4. The molecule has 0 unspecified atom stereocenters. The van der Waals surface area contributed by atoms with Crippen LogP contribution in [-0.4, -0.2) is 23.9 Å². The highest BCUT2D eigenvalue weighted by Crippen LogP contribution is 2.40. The lowest BCUT2D eigenvalue weighted by Gasteiger charge is -2.11. The second-order valence-corrected chi connectivity index (χ2v) is 9.55. The maximum atomic E-state index is 14.9. The molecule has 5 rings (SSSR count). The summed E-state index contributed by atoms with van der Waals surface area (Å²) in [7, 11) is 1.48. The average molecular weight is 557 g/mol. The number of ether oxygens (including phenoxy) is 2. The van der Waals surface area contributed by atoms with Crippen molar-refractivity contribution in [2.75, 3.05) is 17.7 Å². The highest BCUT2D eigenvalue weighted by molar-refractivity contribution is 7.22. The standard InChI is InChI=1S/C29H21FN4O5S/c1-38-24-5-3-2-4-21(24)33-28(36)16-27(35)32-19-10-11-23(20(30)14-19)39-25-12-13-31-22-15-26(40-29(22)25)17-6-8-18(34-37)9-7-17/h2-15H,16H2,1H3,(H,32,35)(H,33,36). The van der Waals surface area contributed by atoms with Gasteiger partial charge < -0.3 is 20.1 Å². The lowest BCUT2D eigenvalue weighted by atomic mass is 10.2. The number of aromatic nitrogens is 1. The minimum absolute atomic E-state index is 0.0456. The number of hydrogen-bond donors (Lipinski definition) is 2. The number of benzene rings is 3. The number of nitroso groups, excluding NO2 is 1. The number of methoxy groups -OCH3 is 1. The van der Waals surface area contributed by atoms with Gasteiger partial charge in [0.05, 0.1) is 23.0 Å². The first-order chi connectivity index (χ1) is 19.4. The van der Waals surface area contributed by atoms with Crippen molar-refractivity contribution in [3.63, 3.8) is 0 Å². The lowest BCUT2D eigenvalue weighted by molar-refractivity contribution is -0.123. The molecule has 9 nitrogen and oxygen atoms in total. The minimum atomic E-state index is -0.699. The molecule has 2 heterocycles. The molecule has 0 fully saturated rings. The molecule has 0 radical (unpaired) electrons. The molecule has 0 saturated carbocycles. The molecule has 0 bridgehead atoms. The molecule has 0 saturated heterocycles. The number of carbonyl (C=O) groups excluding carboxylic acids is 2. The Morgan fingerprint density at radius 3 is 2.45 bits per heavy atom. The van der Waals surface area contributed by atoms with E-state index in [4.69, 9.17) is 9.47 Å². The van der Waals surface area contributed by atoms with Crippen LogP contribution < -0.4 is 20.1 Å². The van der Waals surface area contributed by atoms with Crippen molar-refractivity contribution in [1.82, 2.24) is 4.98 Å². The van der Waals surface area contributed by atoms with Crippen LogP contribution >= 0.6 is 11.3 Å². The van der Waals surface area contributed by atoms with Crippen LogP contribution in [0.15, 0.2) is 90.2 Å². The number of amides is 2. The van der Waals surface area contributed by atoms with Crippen molar-refractivity contribution >= 4 is 50.4 Å². The Bertz CT molecular complexity index is 1720. The number of fused-ring (bicyclic) bond motifs is 1. The van der Waals surface area contributed by atoms with E-state index >= 15 is 0 Å². The van der Waals surface area contributed by atoms with E-state index in [0.717, 1.165) is 16.5 Å². The summed E-state index contributed by atoms with van der Waals surface area (Å²) >= 11 is 1.41. The van der Waals surface area contributed by atoms with Crippen molar-refractivity contribution in [2.45, 2.75) is 6.42 Å². The molecule has 200 valence electrons. The van der Waals surface area contributed by atoms with E-state index in [0.29, 0.717) is 33.1 Å². The molecule has 0 spiro atoms. The van der Waals surface area contributed by atoms with Gasteiger partial charge in [-0.3, -0.25) is 14.6 Å². The van der Waals surface area contributed by atoms with E-state index < -0.39 is 24.1 Å². The predicted octanol–water partition coefficient (Wildman–Crippen LogP) is 7.27. The quantitative estimate of drug-likeness (QED) is 0.146. The van der Waals surface area contributed by atoms with Crippen molar-refractivity contribution in [3.8, 4) is 27.7 Å². The van der Waals surface area contributed by atoms with Gasteiger partial charge >= 0.3 is 0 Å². The van der Waals surface area contributed by atoms with E-state index in [1.54, 1.807) is 60.8 Å². The third kappa shape index (κ3) is 5.94. The number of thiophene rings is 1. The SMILES string of the molecule is COc1ccccc1NC(=O)CC(=O)Nc1ccc(Oc2ccnc3cc(-c4ccc(N=O)cc4)sc23)c(F)c1. The number of para-hydroxylation sites is 2. The van der Waals surface area contributed by atoms with Gasteiger partial charge in [-0.2, -0.15) is 0 Å². The summed E-state index contributed by atoms with van der Waals surface area (Å²) in [6.45, 7) is 0. The van der Waals surface area contributed by atoms with E-state index in [1.807, 2.05) is 6.07 Å². The monoisotopic (exact) mass is 556 g/mol. The lowest BCUT2D eigenvalue weighted by Crippen LogP contribution is -2.21. The van der Waals surface area contributed by atoms with E-state index in [2.05, 4.69) is 20.8 Å². The normalized spacial score (nSPS) is 10.7. The number of pyridine rings is 1. The fourth-order valence-corrected chi connectivity index (χ4v) is 4.97. The maximum Gasteiger partial charge on any atom is 0.233 e. The summed E-state index contributed by atoms with van der Waals surface area (Å²) in [6.07, 6.45) is 1.10. The van der Waals surface area contributed by atoms with E-state index in [-0.39, 0.29) is 11.4 Å². The Morgan fingerprint density at radius 2 is 1.70 bits per heavy atom. The van der Waals surface area contributed by atoms with Crippen LogP contribution in [0.25, 0.3) is 20.7 Å². The smallest absolute Gasteiger partial charge is 0.233 e. The van der Waals surface area contributed by atoms with Gasteiger partial charge in [-0.1, -0.05) is 24.3 Å². The third-order valence-electron chi connectivity index (χ3n) is 5.77. The summed E-state index contributed by atoms with van der Waals surface area (Å²) in [5, 5.41) is 8.05. The van der Waals surface area contributed by atoms with Crippen LogP contribution in [0.4, 0.5) is 21.5 Å². The molecular formula is C29H21FN4O5S. The number of rotatable bonds is 9. The molecule has 5 aromatic rings. The summed E-state index contributed by atoms with van der Waals surface area (Å²) in [4.78, 5) is 40.6. The Morgan fingerprint density at radius 1 is 0.925 bits per heavy atom. The van der Waals surface area contributed by atoms with E-state index in [9.17, 15) is 18.9 Å². The number of nitrogens with zero attached hydrogens (tertiary/aromatic N) is 2. The number of carbonyl (C=O) groups is 2. The van der Waals surface area contributed by atoms with Gasteiger partial charge in [0.2, 0.25) is 11.8 Å². The molecule has 2 amide bonds. The highest BCUT2D eigenvalue weighted by Gasteiger charge is 2.16. The van der Waals surface area contributed by atoms with Gasteiger partial charge in [0, 0.05) is 28.9 Å². The number of halogens is 1. The zero-order chi connectivity index (χ0) is 28.1. The van der Waals surface area contributed by atoms with Crippen molar-refractivity contribution in [1.29, 1.82) is 0 Å². The Labute approximate surface area is 231 Å². The molecule has 40 heavy (non-hydrogen) atoms. The van der Waals surface area contributed by atoms with Crippen LogP contribution in [-0.2, 0) is 9.59 Å². The van der Waals surface area contributed by atoms with Gasteiger partial charge in [0.1, 0.15) is 23.6 Å². The topological polar surface area (TPSA) is 119 Å². The summed E-state index contributed by atoms with van der Waals surface area (Å²) in [5.41, 5.74) is 2.49. The Hall–Kier alpha value is -5.16. The van der Waals surface area contributed by atoms with Gasteiger partial charge in [-0.05, 0) is 53.2 Å². The first-order valence-corrected chi connectivity index (χ1v) is 12.8. The number of nitrogens with one attached hydrogen (secondary N) is 2. The first-order valence-electron chi connectivity index (χ1n) is 12.0. The zero-order valence-electron chi connectivity index (χ0n) is 21.0. The van der Waals surface area contributed by atoms with Gasteiger partial charge in [-0.25, -0.2) is 4.39 Å². The zero-order valence-corrected chi connectivity index (χ0v) is 21.8. The fraction of sp³-hybridized carbons (Fsp3) is 0.0690. The minimum Gasteiger partial charge on any atom is -0.495 e. The second-order valence-electron chi connectivity index (χ2n) is 8.49. The second kappa shape index (κ2) is 11.7. The largest absolute Gasteiger partial charge is 0.495 e. The highest BCUT2D eigenvalue weighted by atomic mass is 32.1. The van der Waals surface area contributed by atoms with Crippen molar-refractivity contribution in [2.24, 2.45) is 5.18 Å². The molecule has 11 heteroatoms. The van der Waals surface area contributed by atoms with E-state index in [1.165, 1.54) is 30.6 Å². The van der Waals surface area contributed by atoms with Gasteiger partial charge in [0.25, 0.3) is 0 Å². The summed E-state index contributed by atoms with van der Waals surface area (Å²) < 4.78 is 26.7. The van der Waals surface area contributed by atoms with Crippen LogP contribution in [0.3, 0.4) is 0 Å². The number of hydrogen-bond acceptors (Lipinski definition) is 8. The maximum absolute atomic E-state index is 14.9. The van der Waals surface area contributed by atoms with Crippen LogP contribution in [0.1, 0.15) is 6.42 Å². The fourth-order valence-electron chi connectivity index (χ4n) is 3.90. The summed E-state index contributed by atoms with van der Waals surface area (Å²) in [5.74, 6) is -1.03. The van der Waals surface area contributed by atoms with Gasteiger partial charge in [0.15, 0.2) is 11.6 Å². The van der Waals surface area contributed by atoms with Crippen LogP contribution in [0.2, 0.25) is 0 Å². The number of anilines is 2. The molecule has 0 aliphatic rings.